The van der Waals surface area contributed by atoms with Crippen molar-refractivity contribution in [2.45, 2.75) is 5.16 Å². The van der Waals surface area contributed by atoms with Crippen molar-refractivity contribution < 1.29 is 14.3 Å². The Morgan fingerprint density at radius 3 is 2.92 bits per heavy atom. The Hall–Kier alpha value is -2.83. The van der Waals surface area contributed by atoms with E-state index >= 15 is 0 Å². The van der Waals surface area contributed by atoms with Gasteiger partial charge in [0.1, 0.15) is 18.2 Å². The van der Waals surface area contributed by atoms with Crippen LogP contribution in [0, 0.1) is 11.3 Å². The number of carbonyl (C=O) groups excluding carboxylic acids is 1. The Balaban J connectivity index is 2.20. The van der Waals surface area contributed by atoms with Crippen LogP contribution in [0.5, 0.6) is 11.5 Å². The number of anilines is 1. The van der Waals surface area contributed by atoms with E-state index in [1.54, 1.807) is 24.3 Å². The van der Waals surface area contributed by atoms with E-state index in [0.717, 1.165) is 11.5 Å². The van der Waals surface area contributed by atoms with Crippen molar-refractivity contribution in [2.24, 2.45) is 0 Å². The van der Waals surface area contributed by atoms with Crippen LogP contribution in [0.1, 0.15) is 5.56 Å². The van der Waals surface area contributed by atoms with Gasteiger partial charge in [-0.2, -0.15) is 14.6 Å². The van der Waals surface area contributed by atoms with E-state index in [1.165, 1.54) is 24.9 Å². The maximum Gasteiger partial charge on any atom is 0.268 e. The summed E-state index contributed by atoms with van der Waals surface area (Å²) in [6.07, 6.45) is 4.93. The maximum atomic E-state index is 12.3. The van der Waals surface area contributed by atoms with Gasteiger partial charge in [0.05, 0.1) is 7.11 Å². The summed E-state index contributed by atoms with van der Waals surface area (Å²) < 4.78 is 14.8. The predicted molar refractivity (Wildman–Crippen MR) is 103 cm³/mol. The van der Waals surface area contributed by atoms with E-state index in [-0.39, 0.29) is 5.57 Å². The Kier molecular flexibility index (Phi) is 7.20. The SMILES string of the molecule is C=CCOc1ccc(/C=C(/C#N)C(=O)Nc2nc(SC)ns2)cc1OC. The maximum absolute atomic E-state index is 12.3. The molecule has 0 saturated heterocycles. The first-order chi connectivity index (χ1) is 12.6. The van der Waals surface area contributed by atoms with Gasteiger partial charge in [-0.05, 0) is 30.0 Å². The number of nitriles is 1. The lowest BCUT2D eigenvalue weighted by Gasteiger charge is -2.10. The van der Waals surface area contributed by atoms with E-state index < -0.39 is 5.91 Å². The van der Waals surface area contributed by atoms with Gasteiger partial charge >= 0.3 is 0 Å². The minimum absolute atomic E-state index is 0.0623. The van der Waals surface area contributed by atoms with Crippen molar-refractivity contribution in [3.8, 4) is 17.6 Å². The van der Waals surface area contributed by atoms with E-state index in [9.17, 15) is 10.1 Å². The number of methoxy groups -OCH3 is 1. The summed E-state index contributed by atoms with van der Waals surface area (Å²) in [5.74, 6) is 0.486. The van der Waals surface area contributed by atoms with Gasteiger partial charge in [0.15, 0.2) is 11.5 Å². The molecule has 0 fully saturated rings. The highest BCUT2D eigenvalue weighted by Gasteiger charge is 2.13. The topological polar surface area (TPSA) is 97.1 Å². The van der Waals surface area contributed by atoms with Crippen molar-refractivity contribution >= 4 is 40.4 Å². The monoisotopic (exact) mass is 388 g/mol. The van der Waals surface area contributed by atoms with Gasteiger partial charge in [0, 0.05) is 11.5 Å². The molecule has 1 aromatic carbocycles. The van der Waals surface area contributed by atoms with Crippen LogP contribution in [0.2, 0.25) is 0 Å². The zero-order chi connectivity index (χ0) is 18.9. The minimum atomic E-state index is -0.553. The highest BCUT2D eigenvalue weighted by molar-refractivity contribution is 7.98. The van der Waals surface area contributed by atoms with E-state index in [1.807, 2.05) is 12.3 Å². The number of nitrogens with zero attached hydrogens (tertiary/aromatic N) is 3. The van der Waals surface area contributed by atoms with Crippen LogP contribution in [0.3, 0.4) is 0 Å². The van der Waals surface area contributed by atoms with Crippen LogP contribution >= 0.6 is 23.3 Å². The van der Waals surface area contributed by atoms with E-state index in [2.05, 4.69) is 21.3 Å². The number of hydrogen-bond donors (Lipinski definition) is 1. The molecule has 1 aromatic heterocycles. The number of benzene rings is 1. The third kappa shape index (κ3) is 5.08. The summed E-state index contributed by atoms with van der Waals surface area (Å²) in [6.45, 7) is 3.94. The molecular weight excluding hydrogens is 372 g/mol. The van der Waals surface area contributed by atoms with Crippen molar-refractivity contribution in [3.05, 3.63) is 42.0 Å². The molecule has 9 heteroatoms. The number of nitrogens with one attached hydrogen (secondary N) is 1. The molecule has 0 bridgehead atoms. The fourth-order valence-electron chi connectivity index (χ4n) is 1.87. The largest absolute Gasteiger partial charge is 0.493 e. The van der Waals surface area contributed by atoms with E-state index in [0.29, 0.717) is 34.0 Å². The molecule has 0 unspecified atom stereocenters. The Bertz CT molecular complexity index is 871. The highest BCUT2D eigenvalue weighted by atomic mass is 32.2. The minimum Gasteiger partial charge on any atom is -0.493 e. The second-order valence-electron chi connectivity index (χ2n) is 4.72. The first-order valence-corrected chi connectivity index (χ1v) is 9.33. The molecule has 1 amide bonds. The average Bonchev–Trinajstić information content (AvgIpc) is 3.12. The quantitative estimate of drug-likeness (QED) is 0.320. The van der Waals surface area contributed by atoms with Crippen LogP contribution in [0.4, 0.5) is 5.13 Å². The van der Waals surface area contributed by atoms with Crippen molar-refractivity contribution in [3.63, 3.8) is 0 Å². The summed E-state index contributed by atoms with van der Waals surface area (Å²) in [4.78, 5) is 16.4. The lowest BCUT2D eigenvalue weighted by atomic mass is 10.1. The molecule has 1 N–H and O–H groups in total. The second-order valence-corrected chi connectivity index (χ2v) is 6.25. The molecule has 2 rings (SSSR count). The predicted octanol–water partition coefficient (Wildman–Crippen LogP) is 3.38. The van der Waals surface area contributed by atoms with Gasteiger partial charge in [0.25, 0.3) is 5.91 Å². The van der Waals surface area contributed by atoms with Gasteiger partial charge < -0.3 is 9.47 Å². The van der Waals surface area contributed by atoms with Gasteiger partial charge in [-0.1, -0.05) is 30.5 Å². The Morgan fingerprint density at radius 2 is 2.31 bits per heavy atom. The fourth-order valence-corrected chi connectivity index (χ4v) is 2.99. The van der Waals surface area contributed by atoms with Gasteiger partial charge in [-0.25, -0.2) is 0 Å². The number of hydrogen-bond acceptors (Lipinski definition) is 8. The second kappa shape index (κ2) is 9.60. The lowest BCUT2D eigenvalue weighted by molar-refractivity contribution is -0.112. The number of thioether (sulfide) groups is 1. The van der Waals surface area contributed by atoms with Gasteiger partial charge in [-0.3, -0.25) is 10.1 Å². The molecule has 0 aliphatic rings. The van der Waals surface area contributed by atoms with Crippen molar-refractivity contribution in [1.29, 1.82) is 5.26 Å². The number of ether oxygens (including phenoxy) is 2. The smallest absolute Gasteiger partial charge is 0.268 e. The number of amides is 1. The number of aromatic nitrogens is 2. The molecule has 1 heterocycles. The van der Waals surface area contributed by atoms with Crippen LogP contribution in [0.25, 0.3) is 6.08 Å². The number of rotatable bonds is 8. The zero-order valence-electron chi connectivity index (χ0n) is 14.2. The summed E-state index contributed by atoms with van der Waals surface area (Å²) in [5, 5.41) is 12.8. The molecule has 2 aromatic rings. The van der Waals surface area contributed by atoms with Crippen molar-refractivity contribution in [1.82, 2.24) is 9.36 Å². The molecule has 7 nitrogen and oxygen atoms in total. The fraction of sp³-hybridized carbons (Fsp3) is 0.176. The molecule has 0 radical (unpaired) electrons. The molecule has 0 spiro atoms. The summed E-state index contributed by atoms with van der Waals surface area (Å²) in [7, 11) is 1.51. The molecule has 0 aliphatic heterocycles. The summed E-state index contributed by atoms with van der Waals surface area (Å²) in [6, 6.07) is 7.00. The molecule has 134 valence electrons. The number of carbonyl (C=O) groups is 1. The summed E-state index contributed by atoms with van der Waals surface area (Å²) >= 11 is 2.43. The van der Waals surface area contributed by atoms with Crippen LogP contribution in [0.15, 0.2) is 41.6 Å². The third-order valence-corrected chi connectivity index (χ3v) is 4.32. The normalized spacial score (nSPS) is 10.7. The molecule has 0 aliphatic carbocycles. The molecule has 26 heavy (non-hydrogen) atoms. The molecular formula is C17H16N4O3S2. The standard InChI is InChI=1S/C17H16N4O3S2/c1-4-7-24-13-6-5-11(9-14(13)23-2)8-12(10-18)15(22)19-16-20-17(25-3)21-26-16/h4-6,8-9H,1,7H2,2-3H3,(H,19,20,21,22)/b12-8-. The Morgan fingerprint density at radius 1 is 1.50 bits per heavy atom. The van der Waals surface area contributed by atoms with Crippen LogP contribution < -0.4 is 14.8 Å². The first kappa shape index (κ1) is 19.5. The summed E-state index contributed by atoms with van der Waals surface area (Å²) in [5.41, 5.74) is 0.564. The van der Waals surface area contributed by atoms with Gasteiger partial charge in [-0.15, -0.1) is 0 Å². The van der Waals surface area contributed by atoms with Crippen LogP contribution in [-0.2, 0) is 4.79 Å². The van der Waals surface area contributed by atoms with Crippen molar-refractivity contribution in [2.75, 3.05) is 25.3 Å². The third-order valence-electron chi connectivity index (χ3n) is 3.03. The van der Waals surface area contributed by atoms with Gasteiger partial charge in [0.2, 0.25) is 10.3 Å². The Labute approximate surface area is 159 Å². The van der Waals surface area contributed by atoms with E-state index in [4.69, 9.17) is 9.47 Å². The van der Waals surface area contributed by atoms with Crippen LogP contribution in [-0.4, -0.2) is 35.2 Å². The lowest BCUT2D eigenvalue weighted by Crippen LogP contribution is -2.13. The highest BCUT2D eigenvalue weighted by Crippen LogP contribution is 2.29. The average molecular weight is 388 g/mol. The molecule has 0 atom stereocenters. The first-order valence-electron chi connectivity index (χ1n) is 7.33. The zero-order valence-corrected chi connectivity index (χ0v) is 15.8. The molecule has 0 saturated carbocycles.